The quantitative estimate of drug-likeness (QED) is 0.411. The van der Waals surface area contributed by atoms with E-state index in [-0.39, 0.29) is 19.0 Å². The molecule has 1 unspecified atom stereocenters. The maximum Gasteiger partial charge on any atom is 0.242 e. The predicted octanol–water partition coefficient (Wildman–Crippen LogP) is 1.90. The van der Waals surface area contributed by atoms with Crippen molar-refractivity contribution in [2.75, 3.05) is 19.6 Å². The second kappa shape index (κ2) is 10.1. The molecule has 2 heterocycles. The number of halogens is 1. The van der Waals surface area contributed by atoms with Crippen LogP contribution in [0.25, 0.3) is 0 Å². The molecule has 0 spiro atoms. The van der Waals surface area contributed by atoms with Crippen molar-refractivity contribution in [2.24, 2.45) is 4.99 Å². The number of furan rings is 1. The van der Waals surface area contributed by atoms with Crippen molar-refractivity contribution in [1.29, 1.82) is 0 Å². The van der Waals surface area contributed by atoms with Crippen LogP contribution in [-0.2, 0) is 11.3 Å². The zero-order chi connectivity index (χ0) is 18.1. The molecule has 0 aliphatic rings. The maximum atomic E-state index is 11.8. The van der Waals surface area contributed by atoms with Crippen LogP contribution in [0.1, 0.15) is 23.7 Å². The molecule has 0 aliphatic heterocycles. The standard InChI is InChI=1S/C16H21ClN4O3S/c1-2-18-16(20-9-12(22)13-5-6-14(17)25-13)21-10-15(23)19-8-11-4-3-7-24-11/h3-7,12,22H,2,8-10H2,1H3,(H,19,23)(H2,18,20,21). The van der Waals surface area contributed by atoms with Gasteiger partial charge >= 0.3 is 0 Å². The van der Waals surface area contributed by atoms with Crippen molar-refractivity contribution in [1.82, 2.24) is 16.0 Å². The number of guanidine groups is 1. The number of thiophene rings is 1. The highest BCUT2D eigenvalue weighted by molar-refractivity contribution is 7.16. The summed E-state index contributed by atoms with van der Waals surface area (Å²) < 4.78 is 5.77. The van der Waals surface area contributed by atoms with Crippen molar-refractivity contribution >= 4 is 34.8 Å². The number of aliphatic hydroxyl groups is 1. The fourth-order valence-electron chi connectivity index (χ4n) is 1.95. The Labute approximate surface area is 155 Å². The van der Waals surface area contributed by atoms with Crippen LogP contribution < -0.4 is 16.0 Å². The Kier molecular flexibility index (Phi) is 7.77. The Morgan fingerprint density at radius 3 is 2.84 bits per heavy atom. The number of carbonyl (C=O) groups excluding carboxylic acids is 1. The molecule has 25 heavy (non-hydrogen) atoms. The van der Waals surface area contributed by atoms with Crippen LogP contribution in [0.15, 0.2) is 39.9 Å². The third kappa shape index (κ3) is 6.77. The highest BCUT2D eigenvalue weighted by Gasteiger charge is 2.11. The molecule has 0 fully saturated rings. The van der Waals surface area contributed by atoms with Gasteiger partial charge in [-0.25, -0.2) is 4.99 Å². The minimum Gasteiger partial charge on any atom is -0.467 e. The first-order valence-electron chi connectivity index (χ1n) is 7.83. The Hall–Kier alpha value is -2.03. The van der Waals surface area contributed by atoms with Crippen molar-refractivity contribution in [3.63, 3.8) is 0 Å². The monoisotopic (exact) mass is 384 g/mol. The van der Waals surface area contributed by atoms with Crippen LogP contribution in [0.2, 0.25) is 4.34 Å². The third-order valence-electron chi connectivity index (χ3n) is 3.15. The van der Waals surface area contributed by atoms with Gasteiger partial charge in [-0.05, 0) is 31.2 Å². The molecular weight excluding hydrogens is 364 g/mol. The normalized spacial score (nSPS) is 12.7. The summed E-state index contributed by atoms with van der Waals surface area (Å²) in [6, 6.07) is 7.07. The smallest absolute Gasteiger partial charge is 0.242 e. The molecule has 9 heteroatoms. The lowest BCUT2D eigenvalue weighted by Crippen LogP contribution is -2.40. The van der Waals surface area contributed by atoms with Gasteiger partial charge < -0.3 is 25.5 Å². The van der Waals surface area contributed by atoms with E-state index in [9.17, 15) is 9.90 Å². The van der Waals surface area contributed by atoms with E-state index in [1.54, 1.807) is 30.5 Å². The van der Waals surface area contributed by atoms with E-state index in [0.29, 0.717) is 29.1 Å². The molecule has 0 bridgehead atoms. The Balaban J connectivity index is 1.79. The summed E-state index contributed by atoms with van der Waals surface area (Å²) in [6.07, 6.45) is 0.855. The average molecular weight is 385 g/mol. The number of hydrogen-bond acceptors (Lipinski definition) is 5. The van der Waals surface area contributed by atoms with Gasteiger partial charge in [0.15, 0.2) is 5.96 Å². The van der Waals surface area contributed by atoms with Gasteiger partial charge in [0.1, 0.15) is 18.4 Å². The maximum absolute atomic E-state index is 11.8. The summed E-state index contributed by atoms with van der Waals surface area (Å²) in [4.78, 5) is 16.8. The van der Waals surface area contributed by atoms with Crippen LogP contribution in [0.5, 0.6) is 0 Å². The Morgan fingerprint density at radius 1 is 1.36 bits per heavy atom. The number of amides is 1. The molecule has 2 rings (SSSR count). The first-order valence-corrected chi connectivity index (χ1v) is 9.02. The van der Waals surface area contributed by atoms with Crippen LogP contribution in [0.4, 0.5) is 0 Å². The summed E-state index contributed by atoms with van der Waals surface area (Å²) in [5, 5.41) is 18.9. The van der Waals surface area contributed by atoms with Gasteiger partial charge in [-0.2, -0.15) is 0 Å². The molecule has 7 nitrogen and oxygen atoms in total. The summed E-state index contributed by atoms with van der Waals surface area (Å²) >= 11 is 7.19. The van der Waals surface area contributed by atoms with Crippen LogP contribution in [-0.4, -0.2) is 36.6 Å². The molecule has 2 aromatic rings. The lowest BCUT2D eigenvalue weighted by atomic mass is 10.3. The first-order chi connectivity index (χ1) is 12.1. The molecule has 0 aromatic carbocycles. The van der Waals surface area contributed by atoms with Gasteiger partial charge in [-0.15, -0.1) is 11.3 Å². The molecule has 0 saturated carbocycles. The number of aliphatic imine (C=N–C) groups is 1. The minimum atomic E-state index is -0.700. The van der Waals surface area contributed by atoms with Gasteiger partial charge in [-0.3, -0.25) is 4.79 Å². The number of aliphatic hydroxyl groups excluding tert-OH is 1. The van der Waals surface area contributed by atoms with Gasteiger partial charge in [0, 0.05) is 18.0 Å². The average Bonchev–Trinajstić information content (AvgIpc) is 3.26. The van der Waals surface area contributed by atoms with E-state index >= 15 is 0 Å². The van der Waals surface area contributed by atoms with Crippen molar-refractivity contribution in [2.45, 2.75) is 19.6 Å². The molecule has 2 aromatic heterocycles. The molecule has 0 aliphatic carbocycles. The summed E-state index contributed by atoms with van der Waals surface area (Å²) in [6.45, 7) is 3.11. The summed E-state index contributed by atoms with van der Waals surface area (Å²) in [7, 11) is 0. The Bertz CT molecular complexity index is 687. The zero-order valence-corrected chi connectivity index (χ0v) is 15.4. The Morgan fingerprint density at radius 2 is 2.20 bits per heavy atom. The molecule has 0 saturated heterocycles. The zero-order valence-electron chi connectivity index (χ0n) is 13.8. The second-order valence-corrected chi connectivity index (χ2v) is 6.84. The number of nitrogens with one attached hydrogen (secondary N) is 3. The molecule has 1 amide bonds. The summed E-state index contributed by atoms with van der Waals surface area (Å²) in [5.41, 5.74) is 0. The lowest BCUT2D eigenvalue weighted by Gasteiger charge is -2.14. The predicted molar refractivity (Wildman–Crippen MR) is 98.8 cm³/mol. The van der Waals surface area contributed by atoms with Crippen molar-refractivity contribution in [3.05, 3.63) is 45.5 Å². The molecule has 1 atom stereocenters. The van der Waals surface area contributed by atoms with E-state index in [4.69, 9.17) is 16.0 Å². The third-order valence-corrected chi connectivity index (χ3v) is 4.48. The van der Waals surface area contributed by atoms with E-state index in [1.807, 2.05) is 6.92 Å². The number of nitrogens with zero attached hydrogens (tertiary/aromatic N) is 1. The number of carbonyl (C=O) groups is 1. The minimum absolute atomic E-state index is 0.0308. The van der Waals surface area contributed by atoms with Gasteiger partial charge in [0.25, 0.3) is 0 Å². The number of hydrogen-bond donors (Lipinski definition) is 4. The summed E-state index contributed by atoms with van der Waals surface area (Å²) in [5.74, 6) is 0.914. The van der Waals surface area contributed by atoms with Crippen LogP contribution in [0, 0.1) is 0 Å². The van der Waals surface area contributed by atoms with Crippen molar-refractivity contribution < 1.29 is 14.3 Å². The molecular formula is C16H21ClN4O3S. The second-order valence-electron chi connectivity index (χ2n) is 5.09. The topological polar surface area (TPSA) is 98.9 Å². The highest BCUT2D eigenvalue weighted by Crippen LogP contribution is 2.26. The van der Waals surface area contributed by atoms with Crippen LogP contribution in [0.3, 0.4) is 0 Å². The fraction of sp³-hybridized carbons (Fsp3) is 0.375. The largest absolute Gasteiger partial charge is 0.467 e. The number of rotatable bonds is 8. The van der Waals surface area contributed by atoms with E-state index in [2.05, 4.69) is 20.9 Å². The molecule has 136 valence electrons. The highest BCUT2D eigenvalue weighted by atomic mass is 35.5. The van der Waals surface area contributed by atoms with Crippen LogP contribution >= 0.6 is 22.9 Å². The van der Waals surface area contributed by atoms with E-state index < -0.39 is 6.10 Å². The van der Waals surface area contributed by atoms with E-state index in [0.717, 1.165) is 4.88 Å². The van der Waals surface area contributed by atoms with E-state index in [1.165, 1.54) is 11.3 Å². The fourth-order valence-corrected chi connectivity index (χ4v) is 3.00. The van der Waals surface area contributed by atoms with Crippen molar-refractivity contribution in [3.8, 4) is 0 Å². The van der Waals surface area contributed by atoms with Gasteiger partial charge in [0.2, 0.25) is 5.91 Å². The SMILES string of the molecule is CCNC(=NCC(=O)NCc1ccco1)NCC(O)c1ccc(Cl)s1. The molecule has 0 radical (unpaired) electrons. The van der Waals surface area contributed by atoms with Gasteiger partial charge in [0.05, 0.1) is 17.1 Å². The van der Waals surface area contributed by atoms with Gasteiger partial charge in [-0.1, -0.05) is 11.6 Å². The molecule has 4 N–H and O–H groups in total. The first kappa shape index (κ1) is 19.3. The lowest BCUT2D eigenvalue weighted by molar-refractivity contribution is -0.119.